The van der Waals surface area contributed by atoms with Crippen molar-refractivity contribution in [2.75, 3.05) is 5.73 Å². The van der Waals surface area contributed by atoms with Gasteiger partial charge in [0, 0.05) is 15.7 Å². The topological polar surface area (TPSA) is 69.6 Å². The number of hydrogen-bond acceptors (Lipinski definition) is 4. The van der Waals surface area contributed by atoms with Gasteiger partial charge in [0.15, 0.2) is 5.82 Å². The minimum Gasteiger partial charge on any atom is -0.399 e. The van der Waals surface area contributed by atoms with Crippen molar-refractivity contribution in [2.45, 2.75) is 39.2 Å². The zero-order valence-electron chi connectivity index (χ0n) is 11.2. The first-order valence-electron chi connectivity index (χ1n) is 6.50. The molecule has 1 atom stereocenters. The minimum atomic E-state index is 0.323. The van der Waals surface area contributed by atoms with Crippen LogP contribution in [-0.2, 0) is 0 Å². The van der Waals surface area contributed by atoms with E-state index in [1.165, 1.54) is 0 Å². The normalized spacial score (nSPS) is 12.6. The lowest BCUT2D eigenvalue weighted by molar-refractivity contribution is 0.403. The SMILES string of the molecule is CCCC(CC)n1nnnc1-c1cc(N)ccc1Br. The van der Waals surface area contributed by atoms with Crippen molar-refractivity contribution in [3.05, 3.63) is 22.7 Å². The molecule has 0 aliphatic heterocycles. The molecule has 2 rings (SSSR count). The Morgan fingerprint density at radius 2 is 2.16 bits per heavy atom. The van der Waals surface area contributed by atoms with Gasteiger partial charge in [0.1, 0.15) is 0 Å². The third kappa shape index (κ3) is 2.94. The Morgan fingerprint density at radius 3 is 2.84 bits per heavy atom. The maximum absolute atomic E-state index is 5.85. The van der Waals surface area contributed by atoms with Crippen LogP contribution in [0, 0.1) is 0 Å². The largest absolute Gasteiger partial charge is 0.399 e. The molecule has 1 heterocycles. The number of nitrogens with two attached hydrogens (primary N) is 1. The van der Waals surface area contributed by atoms with Crippen molar-refractivity contribution in [1.82, 2.24) is 20.2 Å². The van der Waals surface area contributed by atoms with Crippen molar-refractivity contribution < 1.29 is 0 Å². The summed E-state index contributed by atoms with van der Waals surface area (Å²) in [6.45, 7) is 4.32. The molecule has 2 aromatic rings. The monoisotopic (exact) mass is 323 g/mol. The van der Waals surface area contributed by atoms with E-state index < -0.39 is 0 Å². The number of hydrogen-bond donors (Lipinski definition) is 1. The van der Waals surface area contributed by atoms with Gasteiger partial charge in [0.05, 0.1) is 6.04 Å². The molecule has 1 unspecified atom stereocenters. The summed E-state index contributed by atoms with van der Waals surface area (Å²) >= 11 is 3.53. The molecule has 0 aliphatic carbocycles. The van der Waals surface area contributed by atoms with Crippen LogP contribution in [-0.4, -0.2) is 20.2 Å². The third-order valence-corrected chi connectivity index (χ3v) is 3.85. The van der Waals surface area contributed by atoms with Gasteiger partial charge >= 0.3 is 0 Å². The third-order valence-electron chi connectivity index (χ3n) is 3.16. The molecule has 0 saturated carbocycles. The molecule has 6 heteroatoms. The van der Waals surface area contributed by atoms with Crippen LogP contribution < -0.4 is 5.73 Å². The van der Waals surface area contributed by atoms with E-state index in [-0.39, 0.29) is 0 Å². The molecule has 0 radical (unpaired) electrons. The summed E-state index contributed by atoms with van der Waals surface area (Å²) in [6.07, 6.45) is 3.18. The van der Waals surface area contributed by atoms with Gasteiger partial charge in [0.2, 0.25) is 0 Å². The molecule has 0 saturated heterocycles. The fourth-order valence-electron chi connectivity index (χ4n) is 2.16. The zero-order chi connectivity index (χ0) is 13.8. The molecular weight excluding hydrogens is 306 g/mol. The summed E-state index contributed by atoms with van der Waals surface area (Å²) in [5.41, 5.74) is 7.49. The quantitative estimate of drug-likeness (QED) is 0.856. The first kappa shape index (κ1) is 14.0. The number of anilines is 1. The lowest BCUT2D eigenvalue weighted by Crippen LogP contribution is -2.11. The van der Waals surface area contributed by atoms with Crippen LogP contribution in [0.3, 0.4) is 0 Å². The summed E-state index contributed by atoms with van der Waals surface area (Å²) in [6, 6.07) is 5.99. The molecule has 0 spiro atoms. The molecule has 19 heavy (non-hydrogen) atoms. The zero-order valence-corrected chi connectivity index (χ0v) is 12.8. The van der Waals surface area contributed by atoms with Gasteiger partial charge in [-0.3, -0.25) is 0 Å². The minimum absolute atomic E-state index is 0.323. The number of halogens is 1. The van der Waals surface area contributed by atoms with E-state index in [4.69, 9.17) is 5.73 Å². The van der Waals surface area contributed by atoms with Crippen LogP contribution in [0.15, 0.2) is 22.7 Å². The van der Waals surface area contributed by atoms with E-state index in [9.17, 15) is 0 Å². The van der Waals surface area contributed by atoms with E-state index in [2.05, 4.69) is 45.3 Å². The number of nitrogen functional groups attached to an aromatic ring is 1. The standard InChI is InChI=1S/C13H18BrN5/c1-3-5-10(4-2)19-13(16-17-18-19)11-8-9(15)6-7-12(11)14/h6-8,10H,3-5,15H2,1-2H3. The molecule has 0 fully saturated rings. The van der Waals surface area contributed by atoms with Gasteiger partial charge in [-0.2, -0.15) is 0 Å². The van der Waals surface area contributed by atoms with Crippen LogP contribution in [0.5, 0.6) is 0 Å². The summed E-state index contributed by atoms with van der Waals surface area (Å²) in [5, 5.41) is 12.1. The fourth-order valence-corrected chi connectivity index (χ4v) is 2.59. The molecule has 2 N–H and O–H groups in total. The van der Waals surface area contributed by atoms with Gasteiger partial charge in [-0.1, -0.05) is 36.2 Å². The van der Waals surface area contributed by atoms with Crippen LogP contribution in [0.1, 0.15) is 39.2 Å². The average Bonchev–Trinajstić information content (AvgIpc) is 2.87. The van der Waals surface area contributed by atoms with E-state index >= 15 is 0 Å². The van der Waals surface area contributed by atoms with Crippen molar-refractivity contribution >= 4 is 21.6 Å². The van der Waals surface area contributed by atoms with Crippen LogP contribution >= 0.6 is 15.9 Å². The van der Waals surface area contributed by atoms with Crippen molar-refractivity contribution in [1.29, 1.82) is 0 Å². The van der Waals surface area contributed by atoms with Crippen molar-refractivity contribution in [3.63, 3.8) is 0 Å². The van der Waals surface area contributed by atoms with Crippen molar-refractivity contribution in [2.24, 2.45) is 0 Å². The summed E-state index contributed by atoms with van der Waals surface area (Å²) in [7, 11) is 0. The molecule has 1 aromatic heterocycles. The second kappa shape index (κ2) is 6.14. The highest BCUT2D eigenvalue weighted by atomic mass is 79.9. The molecular formula is C13H18BrN5. The van der Waals surface area contributed by atoms with Crippen LogP contribution in [0.2, 0.25) is 0 Å². The van der Waals surface area contributed by atoms with E-state index in [0.29, 0.717) is 11.7 Å². The highest BCUT2D eigenvalue weighted by Gasteiger charge is 2.18. The maximum atomic E-state index is 5.85. The van der Waals surface area contributed by atoms with Gasteiger partial charge in [-0.15, -0.1) is 5.10 Å². The number of rotatable bonds is 5. The first-order chi connectivity index (χ1) is 9.17. The number of nitrogens with zero attached hydrogens (tertiary/aromatic N) is 4. The van der Waals surface area contributed by atoms with Crippen LogP contribution in [0.25, 0.3) is 11.4 Å². The van der Waals surface area contributed by atoms with Gasteiger partial charge < -0.3 is 5.73 Å². The predicted molar refractivity (Wildman–Crippen MR) is 79.6 cm³/mol. The molecule has 0 amide bonds. The molecule has 1 aromatic carbocycles. The Hall–Kier alpha value is -1.43. The fraction of sp³-hybridized carbons (Fsp3) is 0.462. The molecule has 5 nitrogen and oxygen atoms in total. The van der Waals surface area contributed by atoms with Crippen LogP contribution in [0.4, 0.5) is 5.69 Å². The van der Waals surface area contributed by atoms with E-state index in [1.807, 2.05) is 22.9 Å². The lowest BCUT2D eigenvalue weighted by atomic mass is 10.1. The maximum Gasteiger partial charge on any atom is 0.183 e. The first-order valence-corrected chi connectivity index (χ1v) is 7.29. The summed E-state index contributed by atoms with van der Waals surface area (Å²) in [4.78, 5) is 0. The summed E-state index contributed by atoms with van der Waals surface area (Å²) in [5.74, 6) is 0.763. The molecule has 0 bridgehead atoms. The molecule has 102 valence electrons. The lowest BCUT2D eigenvalue weighted by Gasteiger charge is -2.16. The Bertz CT molecular complexity index is 552. The highest BCUT2D eigenvalue weighted by Crippen LogP contribution is 2.30. The smallest absolute Gasteiger partial charge is 0.183 e. The number of benzene rings is 1. The molecule has 0 aliphatic rings. The van der Waals surface area contributed by atoms with E-state index in [0.717, 1.165) is 35.1 Å². The Kier molecular flexibility index (Phi) is 4.52. The van der Waals surface area contributed by atoms with Gasteiger partial charge in [0.25, 0.3) is 0 Å². The van der Waals surface area contributed by atoms with Crippen molar-refractivity contribution in [3.8, 4) is 11.4 Å². The Morgan fingerprint density at radius 1 is 1.37 bits per heavy atom. The second-order valence-electron chi connectivity index (χ2n) is 4.54. The number of aromatic nitrogens is 4. The second-order valence-corrected chi connectivity index (χ2v) is 5.39. The average molecular weight is 324 g/mol. The predicted octanol–water partition coefficient (Wildman–Crippen LogP) is 3.44. The van der Waals surface area contributed by atoms with Gasteiger partial charge in [-0.25, -0.2) is 4.68 Å². The highest BCUT2D eigenvalue weighted by molar-refractivity contribution is 9.10. The van der Waals surface area contributed by atoms with Gasteiger partial charge in [-0.05, 0) is 41.5 Å². The summed E-state index contributed by atoms with van der Waals surface area (Å²) < 4.78 is 2.85. The Labute approximate surface area is 121 Å². The Balaban J connectivity index is 2.46. The van der Waals surface area contributed by atoms with E-state index in [1.54, 1.807) is 0 Å². The number of tetrazole rings is 1.